The molecule has 1 aliphatic heterocycles. The van der Waals surface area contributed by atoms with Crippen LogP contribution in [0.3, 0.4) is 0 Å². The largest absolute Gasteiger partial charge is 0.375 e. The van der Waals surface area contributed by atoms with Crippen LogP contribution in [0.5, 0.6) is 0 Å². The first-order chi connectivity index (χ1) is 10.3. The van der Waals surface area contributed by atoms with Crippen LogP contribution in [0.15, 0.2) is 42.7 Å². The third-order valence-corrected chi connectivity index (χ3v) is 3.34. The molecule has 3 rings (SSSR count). The number of ether oxygens (including phenoxy) is 1. The van der Waals surface area contributed by atoms with Gasteiger partial charge in [-0.2, -0.15) is 5.10 Å². The molecule has 1 saturated heterocycles. The van der Waals surface area contributed by atoms with Crippen molar-refractivity contribution in [2.45, 2.75) is 12.5 Å². The summed E-state index contributed by atoms with van der Waals surface area (Å²) in [6, 6.07) is 9.44. The first-order valence-corrected chi connectivity index (χ1v) is 7.03. The fourth-order valence-electron chi connectivity index (χ4n) is 2.29. The van der Waals surface area contributed by atoms with E-state index in [1.54, 1.807) is 10.9 Å². The van der Waals surface area contributed by atoms with E-state index in [0.717, 1.165) is 24.5 Å². The molecule has 1 atom stereocenters. The predicted octanol–water partition coefficient (Wildman–Crippen LogP) is 1.61. The van der Waals surface area contributed by atoms with Crippen molar-refractivity contribution in [3.63, 3.8) is 0 Å². The molecule has 1 amide bonds. The van der Waals surface area contributed by atoms with E-state index >= 15 is 0 Å². The number of nitrogens with zero attached hydrogens (tertiary/aromatic N) is 2. The molecule has 118 valence electrons. The maximum absolute atomic E-state index is 12.0. The van der Waals surface area contributed by atoms with Gasteiger partial charge in [-0.15, -0.1) is 12.4 Å². The number of hydrogen-bond acceptors (Lipinski definition) is 4. The highest BCUT2D eigenvalue weighted by Gasteiger charge is 2.17. The van der Waals surface area contributed by atoms with Crippen molar-refractivity contribution >= 4 is 24.0 Å². The van der Waals surface area contributed by atoms with Gasteiger partial charge in [0.2, 0.25) is 5.91 Å². The monoisotopic (exact) mass is 322 g/mol. The number of amides is 1. The molecule has 0 bridgehead atoms. The first-order valence-electron chi connectivity index (χ1n) is 7.03. The van der Waals surface area contributed by atoms with Gasteiger partial charge >= 0.3 is 0 Å². The van der Waals surface area contributed by atoms with Crippen molar-refractivity contribution in [2.75, 3.05) is 25.0 Å². The van der Waals surface area contributed by atoms with Crippen LogP contribution in [0, 0.1) is 0 Å². The second kappa shape index (κ2) is 7.93. The molecule has 22 heavy (non-hydrogen) atoms. The summed E-state index contributed by atoms with van der Waals surface area (Å²) in [5.74, 6) is -0.0319. The number of rotatable bonds is 4. The third-order valence-electron chi connectivity index (χ3n) is 3.34. The van der Waals surface area contributed by atoms with Gasteiger partial charge in [-0.3, -0.25) is 4.79 Å². The highest BCUT2D eigenvalue weighted by atomic mass is 35.5. The topological polar surface area (TPSA) is 68.2 Å². The molecule has 2 aromatic rings. The fraction of sp³-hybridized carbons (Fsp3) is 0.333. The van der Waals surface area contributed by atoms with E-state index in [1.165, 1.54) is 0 Å². The molecule has 1 aromatic heterocycles. The number of aromatic nitrogens is 2. The zero-order chi connectivity index (χ0) is 14.5. The van der Waals surface area contributed by atoms with E-state index in [1.807, 2.05) is 36.5 Å². The Kier molecular flexibility index (Phi) is 5.94. The summed E-state index contributed by atoms with van der Waals surface area (Å²) in [5.41, 5.74) is 1.73. The van der Waals surface area contributed by atoms with E-state index in [-0.39, 0.29) is 24.4 Å². The Morgan fingerprint density at radius 2 is 2.23 bits per heavy atom. The maximum Gasteiger partial charge on any atom is 0.227 e. The SMILES string of the molecule is Cl.O=C(CC1CNCCO1)Nc1ccc(-n2cccn2)cc1. The molecular weight excluding hydrogens is 304 g/mol. The standard InChI is InChI=1S/C15H18N4O2.ClH/c20-15(10-14-11-16-7-9-21-14)18-12-2-4-13(5-3-12)19-8-1-6-17-19;/h1-6,8,14,16H,7,9-11H2,(H,18,20);1H. The number of halogens is 1. The number of anilines is 1. The van der Waals surface area contributed by atoms with Gasteiger partial charge in [-0.05, 0) is 30.3 Å². The summed E-state index contributed by atoms with van der Waals surface area (Å²) in [5, 5.41) is 10.3. The van der Waals surface area contributed by atoms with Gasteiger partial charge < -0.3 is 15.4 Å². The number of hydrogen-bond donors (Lipinski definition) is 2. The van der Waals surface area contributed by atoms with E-state index in [0.29, 0.717) is 13.0 Å². The second-order valence-electron chi connectivity index (χ2n) is 4.95. The van der Waals surface area contributed by atoms with Gasteiger partial charge in [0.1, 0.15) is 0 Å². The van der Waals surface area contributed by atoms with Gasteiger partial charge in [0.05, 0.1) is 24.8 Å². The average molecular weight is 323 g/mol. The summed E-state index contributed by atoms with van der Waals surface area (Å²) in [6.07, 6.45) is 3.94. The lowest BCUT2D eigenvalue weighted by Gasteiger charge is -2.23. The summed E-state index contributed by atoms with van der Waals surface area (Å²) >= 11 is 0. The second-order valence-corrected chi connectivity index (χ2v) is 4.95. The molecule has 6 nitrogen and oxygen atoms in total. The molecule has 0 aliphatic carbocycles. The van der Waals surface area contributed by atoms with Crippen molar-refractivity contribution in [3.05, 3.63) is 42.7 Å². The lowest BCUT2D eigenvalue weighted by molar-refractivity contribution is -0.119. The molecule has 2 N–H and O–H groups in total. The molecule has 1 aliphatic rings. The van der Waals surface area contributed by atoms with Gasteiger partial charge in [0.15, 0.2) is 0 Å². The Hall–Kier alpha value is -1.89. The quantitative estimate of drug-likeness (QED) is 0.897. The molecular formula is C15H19ClN4O2. The van der Waals surface area contributed by atoms with Crippen molar-refractivity contribution < 1.29 is 9.53 Å². The van der Waals surface area contributed by atoms with Crippen molar-refractivity contribution in [1.29, 1.82) is 0 Å². The van der Waals surface area contributed by atoms with Crippen LogP contribution in [0.1, 0.15) is 6.42 Å². The predicted molar refractivity (Wildman–Crippen MR) is 86.7 cm³/mol. The minimum Gasteiger partial charge on any atom is -0.375 e. The van der Waals surface area contributed by atoms with E-state index in [2.05, 4.69) is 15.7 Å². The van der Waals surface area contributed by atoms with Crippen molar-refractivity contribution in [2.24, 2.45) is 0 Å². The van der Waals surface area contributed by atoms with Crippen LogP contribution in [0.25, 0.3) is 5.69 Å². The van der Waals surface area contributed by atoms with Gasteiger partial charge in [0, 0.05) is 31.2 Å². The van der Waals surface area contributed by atoms with E-state index in [9.17, 15) is 4.79 Å². The number of carbonyl (C=O) groups is 1. The Bertz CT molecular complexity index is 580. The van der Waals surface area contributed by atoms with Crippen molar-refractivity contribution in [1.82, 2.24) is 15.1 Å². The zero-order valence-electron chi connectivity index (χ0n) is 12.1. The lowest BCUT2D eigenvalue weighted by Crippen LogP contribution is -2.40. The zero-order valence-corrected chi connectivity index (χ0v) is 12.9. The molecule has 0 spiro atoms. The number of carbonyl (C=O) groups excluding carboxylic acids is 1. The molecule has 0 radical (unpaired) electrons. The molecule has 7 heteroatoms. The molecule has 1 unspecified atom stereocenters. The highest BCUT2D eigenvalue weighted by Crippen LogP contribution is 2.13. The van der Waals surface area contributed by atoms with Crippen LogP contribution in [0.4, 0.5) is 5.69 Å². The van der Waals surface area contributed by atoms with E-state index < -0.39 is 0 Å². The number of morpholine rings is 1. The summed E-state index contributed by atoms with van der Waals surface area (Å²) in [6.45, 7) is 2.25. The van der Waals surface area contributed by atoms with Crippen LogP contribution in [-0.4, -0.2) is 41.5 Å². The fourth-order valence-corrected chi connectivity index (χ4v) is 2.29. The van der Waals surface area contributed by atoms with Crippen LogP contribution >= 0.6 is 12.4 Å². The third kappa shape index (κ3) is 4.30. The summed E-state index contributed by atoms with van der Waals surface area (Å²) in [7, 11) is 0. The molecule has 1 aromatic carbocycles. The Labute approximate surface area is 135 Å². The molecule has 0 saturated carbocycles. The van der Waals surface area contributed by atoms with E-state index in [4.69, 9.17) is 4.74 Å². The average Bonchev–Trinajstić information content (AvgIpc) is 3.03. The lowest BCUT2D eigenvalue weighted by atomic mass is 10.2. The number of nitrogens with one attached hydrogen (secondary N) is 2. The molecule has 2 heterocycles. The van der Waals surface area contributed by atoms with Gasteiger partial charge in [-0.25, -0.2) is 4.68 Å². The normalized spacial score (nSPS) is 17.5. The first kappa shape index (κ1) is 16.5. The summed E-state index contributed by atoms with van der Waals surface area (Å²) < 4.78 is 7.29. The maximum atomic E-state index is 12.0. The Morgan fingerprint density at radius 3 is 2.86 bits per heavy atom. The number of benzene rings is 1. The highest BCUT2D eigenvalue weighted by molar-refractivity contribution is 5.91. The summed E-state index contributed by atoms with van der Waals surface area (Å²) in [4.78, 5) is 12.0. The minimum absolute atomic E-state index is 0. The van der Waals surface area contributed by atoms with Crippen LogP contribution < -0.4 is 10.6 Å². The molecule has 1 fully saturated rings. The van der Waals surface area contributed by atoms with Gasteiger partial charge in [0.25, 0.3) is 0 Å². The van der Waals surface area contributed by atoms with Crippen LogP contribution in [-0.2, 0) is 9.53 Å². The van der Waals surface area contributed by atoms with Crippen molar-refractivity contribution in [3.8, 4) is 5.69 Å². The van der Waals surface area contributed by atoms with Gasteiger partial charge in [-0.1, -0.05) is 0 Å². The minimum atomic E-state index is -0.0397. The Morgan fingerprint density at radius 1 is 1.41 bits per heavy atom. The smallest absolute Gasteiger partial charge is 0.227 e. The van der Waals surface area contributed by atoms with Crippen LogP contribution in [0.2, 0.25) is 0 Å². The Balaban J connectivity index is 0.00000176.